The van der Waals surface area contributed by atoms with Crippen LogP contribution in [0.5, 0.6) is 0 Å². The van der Waals surface area contributed by atoms with Gasteiger partial charge in [0, 0.05) is 16.7 Å². The van der Waals surface area contributed by atoms with E-state index in [1.54, 1.807) is 0 Å². The standard InChI is InChI=1S/C39H46BN6.K/c1-25(2)31-10-16-34(17-11-31)37-22-28(7)44(41-37)40(45-29(8)23-38(42-45)35-18-12-32(13-19-35)26(3)4)46-30(9)24-39(43-46)36-20-14-33(15-21-36)27(5)6;/h10-27,40H,1-9H3;/q-1;+1. The monoisotopic (exact) mass is 648 g/mol. The van der Waals surface area contributed by atoms with Gasteiger partial charge in [-0.1, -0.05) is 114 Å². The molecule has 3 heterocycles. The van der Waals surface area contributed by atoms with Crippen molar-refractivity contribution < 1.29 is 51.4 Å². The van der Waals surface area contributed by atoms with Crippen molar-refractivity contribution in [3.05, 3.63) is 125 Å². The number of aromatic nitrogens is 6. The molecule has 8 heteroatoms. The molecule has 0 unspecified atom stereocenters. The Balaban J connectivity index is 0.00000433. The van der Waals surface area contributed by atoms with Crippen molar-refractivity contribution in [2.45, 2.75) is 80.1 Å². The third kappa shape index (κ3) is 7.37. The van der Waals surface area contributed by atoms with Crippen LogP contribution in [0.1, 0.15) is 93.1 Å². The SMILES string of the molecule is Cc1cc(-c2ccc(C(C)C)cc2)nn1[BH-](n1nc(-c2ccc(C(C)C)cc2)cc1C)n1nc(-c2ccc(C(C)C)cc2)cc1C.[K+]. The van der Waals surface area contributed by atoms with Gasteiger partial charge in [0.05, 0.1) is 17.1 Å². The molecule has 236 valence electrons. The number of nitrogens with zero attached hydrogens (tertiary/aromatic N) is 6. The van der Waals surface area contributed by atoms with Crippen molar-refractivity contribution in [3.63, 3.8) is 0 Å². The number of benzene rings is 3. The average Bonchev–Trinajstić information content (AvgIpc) is 3.74. The summed E-state index contributed by atoms with van der Waals surface area (Å²) in [7, 11) is -1.61. The summed E-state index contributed by atoms with van der Waals surface area (Å²) in [6.45, 7) is 19.7. The van der Waals surface area contributed by atoms with E-state index in [0.29, 0.717) is 17.8 Å². The third-order valence-electron chi connectivity index (χ3n) is 9.37. The molecule has 6 nitrogen and oxygen atoms in total. The fourth-order valence-electron chi connectivity index (χ4n) is 6.31. The number of hydrogen-bond acceptors (Lipinski definition) is 3. The van der Waals surface area contributed by atoms with Crippen molar-refractivity contribution >= 4 is 7.12 Å². The summed E-state index contributed by atoms with van der Waals surface area (Å²) in [5.41, 5.74) is 13.4. The van der Waals surface area contributed by atoms with Gasteiger partial charge in [0.15, 0.2) is 0 Å². The van der Waals surface area contributed by atoms with Gasteiger partial charge >= 0.3 is 58.5 Å². The maximum Gasteiger partial charge on any atom is 1.00 e. The van der Waals surface area contributed by atoms with E-state index >= 15 is 0 Å². The number of rotatable bonds is 9. The molecule has 0 saturated carbocycles. The van der Waals surface area contributed by atoms with Gasteiger partial charge in [-0.05, 0) is 90.5 Å². The normalized spacial score (nSPS) is 11.7. The van der Waals surface area contributed by atoms with E-state index in [2.05, 4.69) is 167 Å². The van der Waals surface area contributed by atoms with Gasteiger partial charge in [0.1, 0.15) is 0 Å². The molecular formula is C39H46BKN6. The number of hydrogen-bond donors (Lipinski definition) is 0. The minimum Gasteiger partial charge on any atom is -0.400 e. The van der Waals surface area contributed by atoms with E-state index < -0.39 is 7.12 Å². The maximum atomic E-state index is 5.25. The van der Waals surface area contributed by atoms with Crippen LogP contribution in [0, 0.1) is 20.8 Å². The van der Waals surface area contributed by atoms with Gasteiger partial charge in [0.2, 0.25) is 0 Å². The average molecular weight is 649 g/mol. The topological polar surface area (TPSA) is 53.5 Å². The van der Waals surface area contributed by atoms with Gasteiger partial charge < -0.3 is 13.8 Å². The van der Waals surface area contributed by atoms with E-state index in [1.165, 1.54) is 16.7 Å². The Morgan fingerprint density at radius 1 is 0.426 bits per heavy atom. The second-order valence-corrected chi connectivity index (χ2v) is 13.8. The van der Waals surface area contributed by atoms with Gasteiger partial charge in [-0.15, -0.1) is 0 Å². The third-order valence-corrected chi connectivity index (χ3v) is 9.37. The molecule has 0 atom stereocenters. The van der Waals surface area contributed by atoms with Crippen LogP contribution in [0.2, 0.25) is 0 Å². The fourth-order valence-corrected chi connectivity index (χ4v) is 6.31. The Hall–Kier alpha value is -3.01. The van der Waals surface area contributed by atoms with Crippen molar-refractivity contribution in [2.75, 3.05) is 0 Å². The van der Waals surface area contributed by atoms with Crippen LogP contribution in [0.4, 0.5) is 0 Å². The maximum absolute atomic E-state index is 5.25. The zero-order chi connectivity index (χ0) is 32.7. The van der Waals surface area contributed by atoms with Crippen molar-refractivity contribution in [1.82, 2.24) is 29.1 Å². The molecule has 0 amide bonds. The first kappa shape index (κ1) is 35.3. The Morgan fingerprint density at radius 3 is 0.872 bits per heavy atom. The smallest absolute Gasteiger partial charge is 0.400 e. The first-order valence-corrected chi connectivity index (χ1v) is 16.7. The van der Waals surface area contributed by atoms with E-state index in [9.17, 15) is 0 Å². The molecule has 47 heavy (non-hydrogen) atoms. The van der Waals surface area contributed by atoms with E-state index in [-0.39, 0.29) is 51.4 Å². The largest absolute Gasteiger partial charge is 1.00 e. The molecule has 0 aliphatic rings. The van der Waals surface area contributed by atoms with Crippen molar-refractivity contribution in [2.24, 2.45) is 0 Å². The predicted octanol–water partition coefficient (Wildman–Crippen LogP) is 6.24. The quantitative estimate of drug-likeness (QED) is 0.175. The molecule has 0 bridgehead atoms. The van der Waals surface area contributed by atoms with Crippen LogP contribution in [0.3, 0.4) is 0 Å². The second kappa shape index (κ2) is 14.6. The van der Waals surface area contributed by atoms with Crippen molar-refractivity contribution in [3.8, 4) is 33.8 Å². The minimum absolute atomic E-state index is 0. The summed E-state index contributed by atoms with van der Waals surface area (Å²) in [6, 6.07) is 32.9. The van der Waals surface area contributed by atoms with Crippen molar-refractivity contribution in [1.29, 1.82) is 0 Å². The van der Waals surface area contributed by atoms with Crippen LogP contribution in [0.15, 0.2) is 91.0 Å². The summed E-state index contributed by atoms with van der Waals surface area (Å²) in [6.07, 6.45) is 0. The molecule has 6 rings (SSSR count). The van der Waals surface area contributed by atoms with Crippen LogP contribution < -0.4 is 51.4 Å². The van der Waals surface area contributed by atoms with Crippen LogP contribution in [0.25, 0.3) is 33.8 Å². The summed E-state index contributed by atoms with van der Waals surface area (Å²) < 4.78 is 6.43. The predicted molar refractivity (Wildman–Crippen MR) is 193 cm³/mol. The summed E-state index contributed by atoms with van der Waals surface area (Å²) in [5.74, 6) is 1.46. The molecule has 0 spiro atoms. The van der Waals surface area contributed by atoms with Gasteiger partial charge in [-0.2, -0.15) is 0 Å². The Labute approximate surface area is 323 Å². The molecule has 3 aromatic heterocycles. The molecule has 6 aromatic rings. The molecule has 0 aliphatic heterocycles. The second-order valence-electron chi connectivity index (χ2n) is 13.8. The summed E-state index contributed by atoms with van der Waals surface area (Å²) in [5, 5.41) is 15.7. The summed E-state index contributed by atoms with van der Waals surface area (Å²) >= 11 is 0. The van der Waals surface area contributed by atoms with Crippen LogP contribution in [-0.4, -0.2) is 36.2 Å². The molecule has 3 aromatic carbocycles. The zero-order valence-corrected chi connectivity index (χ0v) is 32.9. The first-order valence-electron chi connectivity index (χ1n) is 16.7. The number of aryl methyl sites for hydroxylation is 3. The van der Waals surface area contributed by atoms with Crippen LogP contribution in [-0.2, 0) is 0 Å². The fraction of sp³-hybridized carbons (Fsp3) is 0.308. The Kier molecular flexibility index (Phi) is 11.0. The van der Waals surface area contributed by atoms with E-state index in [0.717, 1.165) is 50.9 Å². The minimum atomic E-state index is -1.61. The summed E-state index contributed by atoms with van der Waals surface area (Å²) in [4.78, 5) is 0. The molecular weight excluding hydrogens is 602 g/mol. The van der Waals surface area contributed by atoms with Crippen LogP contribution >= 0.6 is 0 Å². The molecule has 0 aliphatic carbocycles. The van der Waals surface area contributed by atoms with E-state index in [4.69, 9.17) is 15.3 Å². The van der Waals surface area contributed by atoms with Gasteiger partial charge in [-0.3, -0.25) is 0 Å². The Bertz CT molecular complexity index is 1720. The molecule has 0 radical (unpaired) electrons. The molecule has 0 saturated heterocycles. The zero-order valence-electron chi connectivity index (χ0n) is 29.8. The van der Waals surface area contributed by atoms with Gasteiger partial charge in [0.25, 0.3) is 0 Å². The van der Waals surface area contributed by atoms with E-state index in [1.807, 2.05) is 0 Å². The first-order chi connectivity index (χ1) is 22.0. The van der Waals surface area contributed by atoms with Gasteiger partial charge in [-0.25, -0.2) is 15.3 Å². The molecule has 0 fully saturated rings. The Morgan fingerprint density at radius 2 is 0.660 bits per heavy atom. The molecule has 0 N–H and O–H groups in total.